The molecule has 0 aliphatic heterocycles. The molecule has 0 aromatic carbocycles. The van der Waals surface area contributed by atoms with Gasteiger partial charge in [-0.05, 0) is 6.42 Å². The Morgan fingerprint density at radius 1 is 1.25 bits per heavy atom. The van der Waals surface area contributed by atoms with Crippen molar-refractivity contribution in [2.45, 2.75) is 39.5 Å². The summed E-state index contributed by atoms with van der Waals surface area (Å²) in [5.74, 6) is 1.60. The van der Waals surface area contributed by atoms with E-state index in [1.54, 1.807) is 12.5 Å². The van der Waals surface area contributed by atoms with Crippen LogP contribution in [0.4, 0.5) is 5.82 Å². The third-order valence-corrected chi connectivity index (χ3v) is 3.10. The lowest BCUT2D eigenvalue weighted by Crippen LogP contribution is -2.16. The number of rotatable bonds is 4. The Kier molecular flexibility index (Phi) is 4.06. The van der Waals surface area contributed by atoms with E-state index in [0.29, 0.717) is 0 Å². The quantitative estimate of drug-likeness (QED) is 0.930. The first-order chi connectivity index (χ1) is 9.41. The Labute approximate surface area is 120 Å². The van der Waals surface area contributed by atoms with Gasteiger partial charge in [0.25, 0.3) is 0 Å². The maximum absolute atomic E-state index is 4.70. The van der Waals surface area contributed by atoms with E-state index in [4.69, 9.17) is 4.98 Å². The summed E-state index contributed by atoms with van der Waals surface area (Å²) in [4.78, 5) is 13.5. The molecule has 2 aromatic rings. The Morgan fingerprint density at radius 2 is 2.00 bits per heavy atom. The number of aryl methyl sites for hydroxylation is 1. The largest absolute Gasteiger partial charge is 0.370 e. The van der Waals surface area contributed by atoms with Crippen LogP contribution in [0.25, 0.3) is 11.5 Å². The van der Waals surface area contributed by atoms with Crippen molar-refractivity contribution in [2.75, 3.05) is 11.9 Å². The normalized spacial score (nSPS) is 11.7. The average molecular weight is 273 g/mol. The summed E-state index contributed by atoms with van der Waals surface area (Å²) >= 11 is 0. The molecule has 0 bridgehead atoms. The van der Waals surface area contributed by atoms with Crippen molar-refractivity contribution in [3.05, 3.63) is 24.3 Å². The molecule has 2 aromatic heterocycles. The molecule has 0 saturated carbocycles. The summed E-state index contributed by atoms with van der Waals surface area (Å²) < 4.78 is 1.94. The molecular weight excluding hydrogens is 250 g/mol. The second-order valence-corrected chi connectivity index (χ2v) is 6.03. The maximum atomic E-state index is 4.70. The van der Waals surface area contributed by atoms with Crippen LogP contribution in [-0.2, 0) is 12.5 Å². The molecular formula is C15H23N5. The zero-order valence-electron chi connectivity index (χ0n) is 12.9. The fraction of sp³-hybridized carbons (Fsp3) is 0.533. The van der Waals surface area contributed by atoms with Gasteiger partial charge in [0.15, 0.2) is 5.82 Å². The SMILES string of the molecule is CCCNc1cc(C(C)(C)C)nc(-c2cncn2C)n1. The van der Waals surface area contributed by atoms with Gasteiger partial charge in [0, 0.05) is 25.1 Å². The Balaban J connectivity index is 2.48. The summed E-state index contributed by atoms with van der Waals surface area (Å²) in [6.45, 7) is 9.52. The summed E-state index contributed by atoms with van der Waals surface area (Å²) in [5.41, 5.74) is 1.94. The van der Waals surface area contributed by atoms with E-state index < -0.39 is 0 Å². The van der Waals surface area contributed by atoms with Crippen LogP contribution in [0.2, 0.25) is 0 Å². The molecule has 0 unspecified atom stereocenters. The van der Waals surface area contributed by atoms with Crippen molar-refractivity contribution < 1.29 is 0 Å². The number of hydrogen-bond acceptors (Lipinski definition) is 4. The first kappa shape index (κ1) is 14.5. The molecule has 0 saturated heterocycles. The summed E-state index contributed by atoms with van der Waals surface area (Å²) in [7, 11) is 1.95. The van der Waals surface area contributed by atoms with Gasteiger partial charge in [-0.3, -0.25) is 0 Å². The Hall–Kier alpha value is -1.91. The fourth-order valence-electron chi connectivity index (χ4n) is 1.86. The average Bonchev–Trinajstić information content (AvgIpc) is 2.81. The van der Waals surface area contributed by atoms with Crippen LogP contribution in [0.1, 0.15) is 39.8 Å². The molecule has 20 heavy (non-hydrogen) atoms. The van der Waals surface area contributed by atoms with Crippen molar-refractivity contribution in [1.29, 1.82) is 0 Å². The standard InChI is InChI=1S/C15H23N5/c1-6-7-17-13-8-12(15(2,3)4)18-14(19-13)11-9-16-10-20(11)5/h8-10H,6-7H2,1-5H3,(H,17,18,19). The Bertz CT molecular complexity index is 580. The number of aromatic nitrogens is 4. The summed E-state index contributed by atoms with van der Waals surface area (Å²) in [5, 5.41) is 3.35. The molecule has 0 radical (unpaired) electrons. The van der Waals surface area contributed by atoms with E-state index >= 15 is 0 Å². The number of nitrogens with zero attached hydrogens (tertiary/aromatic N) is 4. The van der Waals surface area contributed by atoms with E-state index in [1.807, 2.05) is 17.7 Å². The monoisotopic (exact) mass is 273 g/mol. The van der Waals surface area contributed by atoms with Gasteiger partial charge in [-0.1, -0.05) is 27.7 Å². The van der Waals surface area contributed by atoms with Crippen LogP contribution in [0.3, 0.4) is 0 Å². The molecule has 0 fully saturated rings. The van der Waals surface area contributed by atoms with E-state index in [0.717, 1.165) is 36.0 Å². The first-order valence-electron chi connectivity index (χ1n) is 7.02. The third-order valence-electron chi connectivity index (χ3n) is 3.10. The minimum atomic E-state index is -0.0150. The summed E-state index contributed by atoms with van der Waals surface area (Å²) in [6, 6.07) is 2.04. The maximum Gasteiger partial charge on any atom is 0.180 e. The van der Waals surface area contributed by atoms with Crippen molar-refractivity contribution in [1.82, 2.24) is 19.5 Å². The van der Waals surface area contributed by atoms with Crippen LogP contribution in [0.15, 0.2) is 18.6 Å². The van der Waals surface area contributed by atoms with Crippen molar-refractivity contribution in [3.63, 3.8) is 0 Å². The molecule has 2 rings (SSSR count). The smallest absolute Gasteiger partial charge is 0.180 e. The summed E-state index contributed by atoms with van der Waals surface area (Å²) in [6.07, 6.45) is 4.63. The fourth-order valence-corrected chi connectivity index (χ4v) is 1.86. The number of hydrogen-bond donors (Lipinski definition) is 1. The van der Waals surface area contributed by atoms with Crippen LogP contribution < -0.4 is 5.32 Å². The van der Waals surface area contributed by atoms with Crippen LogP contribution >= 0.6 is 0 Å². The van der Waals surface area contributed by atoms with Crippen molar-refractivity contribution >= 4 is 5.82 Å². The molecule has 0 aliphatic rings. The molecule has 5 heteroatoms. The lowest BCUT2D eigenvalue weighted by atomic mass is 9.92. The van der Waals surface area contributed by atoms with E-state index in [1.165, 1.54) is 0 Å². The van der Waals surface area contributed by atoms with Gasteiger partial charge in [0.2, 0.25) is 0 Å². The van der Waals surface area contributed by atoms with Gasteiger partial charge >= 0.3 is 0 Å². The van der Waals surface area contributed by atoms with Gasteiger partial charge in [-0.2, -0.15) is 0 Å². The topological polar surface area (TPSA) is 55.6 Å². The van der Waals surface area contributed by atoms with Crippen LogP contribution in [0.5, 0.6) is 0 Å². The lowest BCUT2D eigenvalue weighted by molar-refractivity contribution is 0.568. The second-order valence-electron chi connectivity index (χ2n) is 6.03. The van der Waals surface area contributed by atoms with Crippen molar-refractivity contribution in [3.8, 4) is 11.5 Å². The van der Waals surface area contributed by atoms with Crippen molar-refractivity contribution in [2.24, 2.45) is 7.05 Å². The molecule has 0 spiro atoms. The van der Waals surface area contributed by atoms with Gasteiger partial charge in [-0.25, -0.2) is 15.0 Å². The molecule has 2 heterocycles. The number of anilines is 1. The number of nitrogens with one attached hydrogen (secondary N) is 1. The highest BCUT2D eigenvalue weighted by molar-refractivity contribution is 5.53. The highest BCUT2D eigenvalue weighted by Crippen LogP contribution is 2.25. The van der Waals surface area contributed by atoms with Gasteiger partial charge < -0.3 is 9.88 Å². The predicted octanol–water partition coefficient (Wildman–Crippen LogP) is 3.00. The predicted molar refractivity (Wildman–Crippen MR) is 81.7 cm³/mol. The molecule has 0 atom stereocenters. The minimum Gasteiger partial charge on any atom is -0.370 e. The van der Waals surface area contributed by atoms with E-state index in [9.17, 15) is 0 Å². The zero-order chi connectivity index (χ0) is 14.8. The highest BCUT2D eigenvalue weighted by atomic mass is 15.1. The van der Waals surface area contributed by atoms with Crippen LogP contribution in [-0.4, -0.2) is 26.1 Å². The van der Waals surface area contributed by atoms with Gasteiger partial charge in [0.05, 0.1) is 18.2 Å². The van der Waals surface area contributed by atoms with E-state index in [2.05, 4.69) is 43.0 Å². The second kappa shape index (κ2) is 5.61. The molecule has 5 nitrogen and oxygen atoms in total. The molecule has 108 valence electrons. The van der Waals surface area contributed by atoms with Gasteiger partial charge in [-0.15, -0.1) is 0 Å². The number of imidazole rings is 1. The molecule has 0 aliphatic carbocycles. The highest BCUT2D eigenvalue weighted by Gasteiger charge is 2.19. The third kappa shape index (κ3) is 3.15. The van der Waals surface area contributed by atoms with E-state index in [-0.39, 0.29) is 5.41 Å². The van der Waals surface area contributed by atoms with Gasteiger partial charge in [0.1, 0.15) is 11.5 Å². The minimum absolute atomic E-state index is 0.0150. The molecule has 0 amide bonds. The molecule has 1 N–H and O–H groups in total. The first-order valence-corrected chi connectivity index (χ1v) is 7.02. The van der Waals surface area contributed by atoms with Crippen LogP contribution in [0, 0.1) is 0 Å². The Morgan fingerprint density at radius 3 is 2.55 bits per heavy atom. The zero-order valence-corrected chi connectivity index (χ0v) is 12.9. The lowest BCUT2D eigenvalue weighted by Gasteiger charge is -2.19.